The third-order valence-electron chi connectivity index (χ3n) is 6.25. The van der Waals surface area contributed by atoms with Crippen LogP contribution in [0.5, 0.6) is 0 Å². The van der Waals surface area contributed by atoms with Crippen LogP contribution < -0.4 is 5.73 Å². The smallest absolute Gasteiger partial charge is 0.384 e. The van der Waals surface area contributed by atoms with Crippen molar-refractivity contribution in [2.45, 2.75) is 31.1 Å². The Morgan fingerprint density at radius 3 is 2.71 bits per heavy atom. The number of hydrogen-bond donors (Lipinski definition) is 1. The van der Waals surface area contributed by atoms with E-state index in [9.17, 15) is 13.2 Å². The van der Waals surface area contributed by atoms with Crippen molar-refractivity contribution in [2.24, 2.45) is 5.73 Å². The predicted molar refractivity (Wildman–Crippen MR) is 122 cm³/mol. The van der Waals surface area contributed by atoms with E-state index in [-0.39, 0.29) is 18.2 Å². The molecule has 10 heteroatoms. The lowest BCUT2D eigenvalue weighted by Crippen LogP contribution is -2.38. The van der Waals surface area contributed by atoms with Gasteiger partial charge < -0.3 is 10.5 Å². The summed E-state index contributed by atoms with van der Waals surface area (Å²) in [5.41, 5.74) is 8.87. The SMILES string of the molecule is COCCc1ccc2ccc(-c3nnc4ccc(C(N5CC[C@H](N)C5)C(F)(F)F)cn34)nc2c1. The molecular formula is C24H25F3N6O. The van der Waals surface area contributed by atoms with Gasteiger partial charge in [-0.2, -0.15) is 13.2 Å². The summed E-state index contributed by atoms with van der Waals surface area (Å²) in [7, 11) is 1.66. The molecule has 0 radical (unpaired) electrons. The highest BCUT2D eigenvalue weighted by atomic mass is 19.4. The molecule has 1 saturated heterocycles. The van der Waals surface area contributed by atoms with Gasteiger partial charge in [-0.3, -0.25) is 9.30 Å². The van der Waals surface area contributed by atoms with Crippen LogP contribution in [-0.4, -0.2) is 63.5 Å². The number of pyridine rings is 2. The Balaban J connectivity index is 1.56. The van der Waals surface area contributed by atoms with Crippen LogP contribution in [0.2, 0.25) is 0 Å². The third-order valence-corrected chi connectivity index (χ3v) is 6.25. The van der Waals surface area contributed by atoms with Crippen molar-refractivity contribution in [3.05, 3.63) is 59.8 Å². The Bertz CT molecular complexity index is 1320. The first-order valence-electron chi connectivity index (χ1n) is 11.1. The molecule has 0 bridgehead atoms. The molecule has 3 aromatic heterocycles. The third kappa shape index (κ3) is 4.36. The van der Waals surface area contributed by atoms with E-state index in [2.05, 4.69) is 10.2 Å². The van der Waals surface area contributed by atoms with Crippen LogP contribution in [0.15, 0.2) is 48.7 Å². The van der Waals surface area contributed by atoms with Crippen LogP contribution in [0.3, 0.4) is 0 Å². The monoisotopic (exact) mass is 470 g/mol. The van der Waals surface area contributed by atoms with Gasteiger partial charge in [-0.15, -0.1) is 10.2 Å². The Hall–Kier alpha value is -3.08. The van der Waals surface area contributed by atoms with Crippen molar-refractivity contribution >= 4 is 16.6 Å². The summed E-state index contributed by atoms with van der Waals surface area (Å²) >= 11 is 0. The zero-order chi connectivity index (χ0) is 23.9. The van der Waals surface area contributed by atoms with Crippen LogP contribution in [0.4, 0.5) is 13.2 Å². The lowest BCUT2D eigenvalue weighted by atomic mass is 10.1. The number of benzene rings is 1. The summed E-state index contributed by atoms with van der Waals surface area (Å²) < 4.78 is 49.0. The maximum absolute atomic E-state index is 14.1. The quantitative estimate of drug-likeness (QED) is 0.462. The number of ether oxygens (including phenoxy) is 1. The highest BCUT2D eigenvalue weighted by Gasteiger charge is 2.46. The maximum atomic E-state index is 14.1. The number of rotatable bonds is 6. The normalized spacial score (nSPS) is 18.2. The second-order valence-electron chi connectivity index (χ2n) is 8.67. The van der Waals surface area contributed by atoms with Gasteiger partial charge in [-0.25, -0.2) is 4.98 Å². The van der Waals surface area contributed by atoms with Crippen LogP contribution in [0, 0.1) is 0 Å². The van der Waals surface area contributed by atoms with Gasteiger partial charge in [0.05, 0.1) is 12.1 Å². The minimum atomic E-state index is -4.44. The number of methoxy groups -OCH3 is 1. The van der Waals surface area contributed by atoms with Crippen LogP contribution in [0.1, 0.15) is 23.6 Å². The zero-order valence-electron chi connectivity index (χ0n) is 18.7. The van der Waals surface area contributed by atoms with E-state index in [1.165, 1.54) is 17.2 Å². The highest BCUT2D eigenvalue weighted by molar-refractivity contribution is 5.81. The van der Waals surface area contributed by atoms with Gasteiger partial charge in [0.1, 0.15) is 11.7 Å². The molecule has 2 N–H and O–H groups in total. The number of nitrogens with two attached hydrogens (primary N) is 1. The molecule has 1 aliphatic heterocycles. The minimum Gasteiger partial charge on any atom is -0.384 e. The molecule has 178 valence electrons. The first-order chi connectivity index (χ1) is 16.3. The Morgan fingerprint density at radius 1 is 1.15 bits per heavy atom. The molecule has 0 spiro atoms. The molecule has 4 aromatic rings. The van der Waals surface area contributed by atoms with E-state index in [0.29, 0.717) is 36.7 Å². The lowest BCUT2D eigenvalue weighted by Gasteiger charge is -2.30. The van der Waals surface area contributed by atoms with Gasteiger partial charge in [0, 0.05) is 37.8 Å². The standard InChI is InChI=1S/C24H25F3N6O/c1-34-11-9-15-2-3-16-4-6-19(29-20(16)12-15)23-31-30-21-7-5-17(13-33(21)23)22(24(25,26)27)32-10-8-18(28)14-32/h2-7,12-13,18,22H,8-11,14,28H2,1H3/t18-,22?/m0/s1. The lowest BCUT2D eigenvalue weighted by molar-refractivity contribution is -0.183. The minimum absolute atomic E-state index is 0.123. The Labute approximate surface area is 194 Å². The number of fused-ring (bicyclic) bond motifs is 2. The molecule has 1 fully saturated rings. The molecule has 5 rings (SSSR count). The van der Waals surface area contributed by atoms with Crippen LogP contribution in [-0.2, 0) is 11.2 Å². The summed E-state index contributed by atoms with van der Waals surface area (Å²) in [6, 6.07) is 10.8. The van der Waals surface area contributed by atoms with E-state index in [1.54, 1.807) is 23.6 Å². The molecule has 1 unspecified atom stereocenters. The van der Waals surface area contributed by atoms with Gasteiger partial charge in [0.2, 0.25) is 0 Å². The summed E-state index contributed by atoms with van der Waals surface area (Å²) in [6.07, 6.45) is -1.67. The number of likely N-dealkylation sites (tertiary alicyclic amines) is 1. The summed E-state index contributed by atoms with van der Waals surface area (Å²) in [5, 5.41) is 9.34. The topological polar surface area (TPSA) is 81.6 Å². The second kappa shape index (κ2) is 8.94. The van der Waals surface area contributed by atoms with Crippen molar-refractivity contribution in [1.29, 1.82) is 0 Å². The summed E-state index contributed by atoms with van der Waals surface area (Å²) in [4.78, 5) is 6.13. The average Bonchev–Trinajstić information content (AvgIpc) is 3.42. The zero-order valence-corrected chi connectivity index (χ0v) is 18.7. The first-order valence-corrected chi connectivity index (χ1v) is 11.1. The van der Waals surface area contributed by atoms with Gasteiger partial charge >= 0.3 is 6.18 Å². The molecule has 4 heterocycles. The Kier molecular flexibility index (Phi) is 5.97. The molecule has 1 aliphatic rings. The van der Waals surface area contributed by atoms with Crippen LogP contribution in [0.25, 0.3) is 28.1 Å². The fourth-order valence-electron chi connectivity index (χ4n) is 4.56. The van der Waals surface area contributed by atoms with E-state index < -0.39 is 12.2 Å². The molecule has 0 saturated carbocycles. The largest absolute Gasteiger partial charge is 0.408 e. The maximum Gasteiger partial charge on any atom is 0.408 e. The molecule has 0 aliphatic carbocycles. The molecule has 7 nitrogen and oxygen atoms in total. The second-order valence-corrected chi connectivity index (χ2v) is 8.67. The van der Waals surface area contributed by atoms with Crippen LogP contribution >= 0.6 is 0 Å². The number of aromatic nitrogens is 4. The molecule has 2 atom stereocenters. The van der Waals surface area contributed by atoms with E-state index in [1.807, 2.05) is 24.3 Å². The van der Waals surface area contributed by atoms with Crippen molar-refractivity contribution in [3.63, 3.8) is 0 Å². The number of halogens is 3. The molecular weight excluding hydrogens is 445 g/mol. The van der Waals surface area contributed by atoms with Crippen molar-refractivity contribution < 1.29 is 17.9 Å². The van der Waals surface area contributed by atoms with E-state index in [4.69, 9.17) is 15.5 Å². The first kappa shape index (κ1) is 22.7. The van der Waals surface area contributed by atoms with Gasteiger partial charge in [-0.1, -0.05) is 24.3 Å². The predicted octanol–water partition coefficient (Wildman–Crippen LogP) is 3.77. The van der Waals surface area contributed by atoms with Crippen molar-refractivity contribution in [3.8, 4) is 11.5 Å². The number of nitrogens with zero attached hydrogens (tertiary/aromatic N) is 5. The molecule has 0 amide bonds. The van der Waals surface area contributed by atoms with Gasteiger partial charge in [0.15, 0.2) is 11.5 Å². The fourth-order valence-corrected chi connectivity index (χ4v) is 4.56. The average molecular weight is 470 g/mol. The van der Waals surface area contributed by atoms with Gasteiger partial charge in [-0.05, 0) is 42.2 Å². The fraction of sp³-hybridized carbons (Fsp3) is 0.375. The summed E-state index contributed by atoms with van der Waals surface area (Å²) in [6.45, 7) is 1.11. The Morgan fingerprint density at radius 2 is 1.97 bits per heavy atom. The van der Waals surface area contributed by atoms with Crippen molar-refractivity contribution in [1.82, 2.24) is 24.5 Å². The van der Waals surface area contributed by atoms with E-state index >= 15 is 0 Å². The van der Waals surface area contributed by atoms with Crippen molar-refractivity contribution in [2.75, 3.05) is 26.8 Å². The summed E-state index contributed by atoms with van der Waals surface area (Å²) in [5.74, 6) is 0.389. The highest BCUT2D eigenvalue weighted by Crippen LogP contribution is 2.39. The van der Waals surface area contributed by atoms with E-state index in [0.717, 1.165) is 22.9 Å². The number of hydrogen-bond acceptors (Lipinski definition) is 6. The van der Waals surface area contributed by atoms with Gasteiger partial charge in [0.25, 0.3) is 0 Å². The molecule has 1 aromatic carbocycles. The number of alkyl halides is 3. The molecule has 34 heavy (non-hydrogen) atoms.